The highest BCUT2D eigenvalue weighted by molar-refractivity contribution is 5.88. The molecule has 3 aliphatic heterocycles. The minimum absolute atomic E-state index is 0.726. The van der Waals surface area contributed by atoms with Crippen LogP contribution in [0.25, 0.3) is 40.9 Å². The van der Waals surface area contributed by atoms with Crippen molar-refractivity contribution in [3.8, 4) is 17.2 Å². The predicted octanol–water partition coefficient (Wildman–Crippen LogP) is 12.5. The average molecular weight is 961 g/mol. The molecule has 0 bridgehead atoms. The van der Waals surface area contributed by atoms with Gasteiger partial charge in [-0.2, -0.15) is 0 Å². The van der Waals surface area contributed by atoms with Gasteiger partial charge in [-0.3, -0.25) is 0 Å². The Balaban J connectivity index is 0.000000122. The van der Waals surface area contributed by atoms with Crippen molar-refractivity contribution < 1.29 is 9.30 Å². The number of hydrogen-bond acceptors (Lipinski definition) is 9. The van der Waals surface area contributed by atoms with E-state index in [2.05, 4.69) is 135 Å². The third kappa shape index (κ3) is 8.88. The molecule has 10 nitrogen and oxygen atoms in total. The van der Waals surface area contributed by atoms with Crippen LogP contribution in [0.2, 0.25) is 0 Å². The number of para-hydroxylation sites is 4. The molecule has 0 aliphatic carbocycles. The van der Waals surface area contributed by atoms with Gasteiger partial charge in [-0.15, -0.1) is 4.57 Å². The first-order valence-electron chi connectivity index (χ1n) is 24.4. The fraction of sp³-hybridized carbons (Fsp3) is 0.0312. The normalized spacial score (nSPS) is 12.1. The van der Waals surface area contributed by atoms with E-state index in [1.54, 1.807) is 0 Å². The van der Waals surface area contributed by atoms with Gasteiger partial charge in [0.05, 0.1) is 50.9 Å². The maximum absolute atomic E-state index is 6.34. The molecular weight excluding hydrogens is 911 g/mol. The summed E-state index contributed by atoms with van der Waals surface area (Å²) in [6.07, 6.45) is 0.840. The van der Waals surface area contributed by atoms with Gasteiger partial charge in [0.1, 0.15) is 22.5 Å². The van der Waals surface area contributed by atoms with E-state index in [1.807, 2.05) is 122 Å². The largest absolute Gasteiger partial charge is 0.457 e. The molecule has 0 atom stereocenters. The number of nitrogens with one attached hydrogen (secondary N) is 2. The average Bonchev–Trinajstić information content (AvgIpc) is 3.42. The lowest BCUT2D eigenvalue weighted by Crippen LogP contribution is -2.33. The zero-order valence-electron chi connectivity index (χ0n) is 40.6. The summed E-state index contributed by atoms with van der Waals surface area (Å²) in [5, 5.41) is 10.7. The molecule has 0 fully saturated rings. The SMILES string of the molecule is C=c1ccc2c(c1)N(c1ccccc1)c1cc(N)ccc1N=2.C=c1ccc2c(c1)Nc1cc(N)c(C)cc1N=2.c1ccc(Nc2ccc3nc4cc5c(cc4[n+](-c4ccccc4)c3c2)Oc2ccccc2C5)cc1. The number of hydrogen-bond donors (Lipinski definition) is 4. The Morgan fingerprint density at radius 1 is 0.554 bits per heavy atom. The summed E-state index contributed by atoms with van der Waals surface area (Å²) < 4.78 is 8.61. The van der Waals surface area contributed by atoms with Crippen LogP contribution in [0.4, 0.5) is 62.6 Å². The van der Waals surface area contributed by atoms with Crippen molar-refractivity contribution in [1.82, 2.24) is 4.98 Å². The maximum Gasteiger partial charge on any atom is 0.241 e. The molecule has 0 spiro atoms. The topological polar surface area (TPSA) is 130 Å². The second-order valence-corrected chi connectivity index (χ2v) is 18.5. The molecule has 0 amide bonds. The van der Waals surface area contributed by atoms with Crippen LogP contribution in [0.15, 0.2) is 222 Å². The number of aromatic nitrogens is 2. The molecule has 4 heterocycles. The Hall–Kier alpha value is -10.1. The van der Waals surface area contributed by atoms with Crippen molar-refractivity contribution in [2.24, 2.45) is 9.98 Å². The van der Waals surface area contributed by atoms with Crippen LogP contribution >= 0.6 is 0 Å². The number of rotatable bonds is 4. The number of aryl methyl sites for hydroxylation is 1. The van der Waals surface area contributed by atoms with Crippen molar-refractivity contribution in [1.29, 1.82) is 0 Å². The zero-order valence-corrected chi connectivity index (χ0v) is 40.6. The summed E-state index contributed by atoms with van der Waals surface area (Å²) in [5.74, 6) is 1.81. The van der Waals surface area contributed by atoms with E-state index >= 15 is 0 Å². The van der Waals surface area contributed by atoms with Gasteiger partial charge in [0.15, 0.2) is 0 Å². The molecule has 6 N–H and O–H groups in total. The molecule has 1 aromatic heterocycles. The fourth-order valence-electron chi connectivity index (χ4n) is 9.58. The Bertz CT molecular complexity index is 4230. The maximum atomic E-state index is 6.34. The molecule has 0 unspecified atom stereocenters. The summed E-state index contributed by atoms with van der Waals surface area (Å²) in [7, 11) is 0. The van der Waals surface area contributed by atoms with Crippen molar-refractivity contribution >= 4 is 97.8 Å². The predicted molar refractivity (Wildman–Crippen MR) is 303 cm³/mol. The molecular formula is C64H50N9O+. The Morgan fingerprint density at radius 3 is 2.07 bits per heavy atom. The van der Waals surface area contributed by atoms with Crippen molar-refractivity contribution in [3.05, 3.63) is 250 Å². The molecule has 0 saturated carbocycles. The van der Waals surface area contributed by atoms with Gasteiger partial charge in [0, 0.05) is 58.6 Å². The Morgan fingerprint density at radius 2 is 1.26 bits per heavy atom. The van der Waals surface area contributed by atoms with Crippen LogP contribution in [-0.4, -0.2) is 4.98 Å². The number of nitrogens with zero attached hydrogens (tertiary/aromatic N) is 5. The summed E-state index contributed by atoms with van der Waals surface area (Å²) >= 11 is 0. The van der Waals surface area contributed by atoms with Crippen LogP contribution in [0.3, 0.4) is 0 Å². The summed E-state index contributed by atoms with van der Waals surface area (Å²) in [5.41, 5.74) is 30.8. The van der Waals surface area contributed by atoms with Crippen LogP contribution in [0, 0.1) is 6.92 Å². The van der Waals surface area contributed by atoms with Gasteiger partial charge in [0.25, 0.3) is 0 Å². The number of benzene rings is 10. The second kappa shape index (κ2) is 18.9. The molecule has 11 aromatic rings. The number of nitrogens with two attached hydrogens (primary N) is 2. The molecule has 356 valence electrons. The van der Waals surface area contributed by atoms with Crippen LogP contribution in [0.5, 0.6) is 11.5 Å². The summed E-state index contributed by atoms with van der Waals surface area (Å²) in [6, 6.07) is 71.5. The second-order valence-electron chi connectivity index (χ2n) is 18.5. The molecule has 3 aliphatic rings. The van der Waals surface area contributed by atoms with Gasteiger partial charge in [0.2, 0.25) is 16.7 Å². The zero-order chi connectivity index (χ0) is 50.3. The van der Waals surface area contributed by atoms with Crippen molar-refractivity contribution in [2.75, 3.05) is 27.0 Å². The molecule has 74 heavy (non-hydrogen) atoms. The van der Waals surface area contributed by atoms with Crippen molar-refractivity contribution in [3.63, 3.8) is 0 Å². The molecule has 10 heteroatoms. The van der Waals surface area contributed by atoms with Crippen molar-refractivity contribution in [2.45, 2.75) is 13.3 Å². The van der Waals surface area contributed by atoms with Crippen LogP contribution < -0.4 is 57.5 Å². The van der Waals surface area contributed by atoms with Gasteiger partial charge in [-0.25, -0.2) is 15.0 Å². The third-order valence-electron chi connectivity index (χ3n) is 13.2. The fourth-order valence-corrected chi connectivity index (χ4v) is 9.58. The van der Waals surface area contributed by atoms with Gasteiger partial charge >= 0.3 is 0 Å². The highest BCUT2D eigenvalue weighted by atomic mass is 16.5. The van der Waals surface area contributed by atoms with Crippen LogP contribution in [-0.2, 0) is 6.42 Å². The lowest BCUT2D eigenvalue weighted by Gasteiger charge is -2.29. The highest BCUT2D eigenvalue weighted by Gasteiger charge is 2.26. The molecule has 0 saturated heterocycles. The third-order valence-corrected chi connectivity index (χ3v) is 13.2. The minimum Gasteiger partial charge on any atom is -0.457 e. The molecule has 0 radical (unpaired) electrons. The number of anilines is 9. The van der Waals surface area contributed by atoms with Gasteiger partial charge in [-0.1, -0.05) is 98.1 Å². The van der Waals surface area contributed by atoms with Gasteiger partial charge < -0.3 is 31.7 Å². The molecule has 14 rings (SSSR count). The first-order chi connectivity index (χ1) is 36.2. The first-order valence-corrected chi connectivity index (χ1v) is 24.4. The summed E-state index contributed by atoms with van der Waals surface area (Å²) in [6.45, 7) is 9.93. The number of nitrogen functional groups attached to an aromatic ring is 2. The van der Waals surface area contributed by atoms with E-state index in [0.717, 1.165) is 141 Å². The highest BCUT2D eigenvalue weighted by Crippen LogP contribution is 2.42. The monoisotopic (exact) mass is 960 g/mol. The van der Waals surface area contributed by atoms with E-state index in [0.29, 0.717) is 0 Å². The Kier molecular flexibility index (Phi) is 11.5. The van der Waals surface area contributed by atoms with Crippen LogP contribution in [0.1, 0.15) is 16.7 Å². The summed E-state index contributed by atoms with van der Waals surface area (Å²) in [4.78, 5) is 16.6. The smallest absolute Gasteiger partial charge is 0.241 e. The van der Waals surface area contributed by atoms with E-state index in [9.17, 15) is 0 Å². The standard InChI is InChI=1S/C31H21N3O.C19H15N3.C14H13N3/c1-3-10-23(11-4-1)32-24-15-16-26-28(19-24)34(25-12-5-2-6-13-25)29-20-31-22(18-27(29)33-26)17-21-9-7-8-14-30(21)35-31;1-13-7-9-16-18(11-13)22(15-5-3-2-4-6-15)19-12-14(20)8-10-17(19)21-16;1-8-3-4-11-12(5-8)17-14-7-10(15)9(2)6-13(14)16-11/h1-16,18-20H,17H2;2-12H,1,20H2;3-7,17H,1,15H2,2H3/p+1. The van der Waals surface area contributed by atoms with Gasteiger partial charge in [-0.05, 0) is 132 Å². The van der Waals surface area contributed by atoms with E-state index in [1.165, 1.54) is 5.56 Å². The quantitative estimate of drug-likeness (QED) is 0.0785. The van der Waals surface area contributed by atoms with E-state index in [-0.39, 0.29) is 0 Å². The Labute approximate surface area is 427 Å². The first kappa shape index (κ1) is 45.1. The molecule has 10 aromatic carbocycles. The number of ether oxygens (including phenoxy) is 1. The minimum atomic E-state index is 0.726. The number of fused-ring (bicyclic) bond motifs is 8. The van der Waals surface area contributed by atoms with E-state index < -0.39 is 0 Å². The lowest BCUT2D eigenvalue weighted by molar-refractivity contribution is -0.538. The lowest BCUT2D eigenvalue weighted by atomic mass is 9.99. The van der Waals surface area contributed by atoms with E-state index in [4.69, 9.17) is 26.2 Å².